The number of carbonyl (C=O) groups excluding carboxylic acids is 2. The van der Waals surface area contributed by atoms with Gasteiger partial charge in [-0.2, -0.15) is 0 Å². The maximum absolute atomic E-state index is 13.7. The monoisotopic (exact) mass is 341 g/mol. The SMILES string of the molecule is O=C(c1c(F)cc(F)cc1F)C1CCN(C(=O)[C@@H]2CCCO2)CC1. The van der Waals surface area contributed by atoms with E-state index in [-0.39, 0.29) is 5.91 Å². The molecular weight excluding hydrogens is 323 g/mol. The van der Waals surface area contributed by atoms with Crippen molar-refractivity contribution in [2.45, 2.75) is 31.8 Å². The molecule has 0 spiro atoms. The normalized spacial score (nSPS) is 22.0. The Hall–Kier alpha value is -1.89. The maximum atomic E-state index is 13.7. The molecule has 2 aliphatic rings. The highest BCUT2D eigenvalue weighted by Gasteiger charge is 2.34. The zero-order valence-electron chi connectivity index (χ0n) is 13.1. The van der Waals surface area contributed by atoms with Crippen molar-refractivity contribution in [1.82, 2.24) is 4.90 Å². The molecule has 0 unspecified atom stereocenters. The van der Waals surface area contributed by atoms with E-state index >= 15 is 0 Å². The van der Waals surface area contributed by atoms with E-state index < -0.39 is 40.8 Å². The number of nitrogens with zero attached hydrogens (tertiary/aromatic N) is 1. The fourth-order valence-corrected chi connectivity index (χ4v) is 3.32. The van der Waals surface area contributed by atoms with Crippen LogP contribution < -0.4 is 0 Å². The zero-order valence-corrected chi connectivity index (χ0v) is 13.1. The number of amides is 1. The summed E-state index contributed by atoms with van der Waals surface area (Å²) < 4.78 is 45.8. The van der Waals surface area contributed by atoms with Crippen molar-refractivity contribution in [3.8, 4) is 0 Å². The number of ether oxygens (including phenoxy) is 1. The second-order valence-corrected chi connectivity index (χ2v) is 6.21. The highest BCUT2D eigenvalue weighted by Crippen LogP contribution is 2.26. The number of piperidine rings is 1. The van der Waals surface area contributed by atoms with Gasteiger partial charge in [-0.25, -0.2) is 13.2 Å². The van der Waals surface area contributed by atoms with Gasteiger partial charge in [0, 0.05) is 37.7 Å². The van der Waals surface area contributed by atoms with Crippen molar-refractivity contribution in [1.29, 1.82) is 0 Å². The Bertz CT molecular complexity index is 627. The molecule has 1 aromatic rings. The van der Waals surface area contributed by atoms with Crippen LogP contribution in [0.2, 0.25) is 0 Å². The van der Waals surface area contributed by atoms with E-state index in [1.165, 1.54) is 0 Å². The molecule has 7 heteroatoms. The third kappa shape index (κ3) is 3.31. The fraction of sp³-hybridized carbons (Fsp3) is 0.529. The van der Waals surface area contributed by atoms with Crippen molar-refractivity contribution < 1.29 is 27.5 Å². The molecule has 0 aliphatic carbocycles. The highest BCUT2D eigenvalue weighted by molar-refractivity contribution is 5.98. The van der Waals surface area contributed by atoms with E-state index in [9.17, 15) is 22.8 Å². The van der Waals surface area contributed by atoms with Gasteiger partial charge in [-0.05, 0) is 25.7 Å². The molecule has 4 nitrogen and oxygen atoms in total. The van der Waals surface area contributed by atoms with E-state index in [1.807, 2.05) is 0 Å². The standard InChI is InChI=1S/C17H18F3NO3/c18-11-8-12(19)15(13(20)9-11)16(22)10-3-5-21(6-4-10)17(23)14-2-1-7-24-14/h8-10,14H,1-7H2/t14-/m0/s1. The molecule has 2 heterocycles. The lowest BCUT2D eigenvalue weighted by Gasteiger charge is -2.32. The number of carbonyl (C=O) groups is 2. The molecule has 2 aliphatic heterocycles. The largest absolute Gasteiger partial charge is 0.368 e. The van der Waals surface area contributed by atoms with E-state index in [0.717, 1.165) is 6.42 Å². The Morgan fingerprint density at radius 2 is 1.67 bits per heavy atom. The molecule has 0 bridgehead atoms. The van der Waals surface area contributed by atoms with Crippen molar-refractivity contribution in [2.24, 2.45) is 5.92 Å². The fourth-order valence-electron chi connectivity index (χ4n) is 3.32. The van der Waals surface area contributed by atoms with Crippen molar-refractivity contribution in [2.75, 3.05) is 19.7 Å². The first-order valence-electron chi connectivity index (χ1n) is 8.06. The van der Waals surface area contributed by atoms with Gasteiger partial charge in [0.05, 0.1) is 5.56 Å². The van der Waals surface area contributed by atoms with Gasteiger partial charge in [0.15, 0.2) is 5.78 Å². The Labute approximate surface area is 137 Å². The summed E-state index contributed by atoms with van der Waals surface area (Å²) in [6.07, 6.45) is 1.79. The predicted octanol–water partition coefficient (Wildman–Crippen LogP) is 2.70. The zero-order chi connectivity index (χ0) is 17.3. The van der Waals surface area contributed by atoms with Gasteiger partial charge in [-0.1, -0.05) is 0 Å². The third-order valence-electron chi connectivity index (χ3n) is 4.64. The van der Waals surface area contributed by atoms with Gasteiger partial charge < -0.3 is 9.64 Å². The molecule has 0 saturated carbocycles. The lowest BCUT2D eigenvalue weighted by atomic mass is 9.88. The van der Waals surface area contributed by atoms with E-state index in [4.69, 9.17) is 4.74 Å². The summed E-state index contributed by atoms with van der Waals surface area (Å²) in [4.78, 5) is 26.2. The molecule has 130 valence electrons. The number of likely N-dealkylation sites (tertiary alicyclic amines) is 1. The average Bonchev–Trinajstić information content (AvgIpc) is 3.07. The van der Waals surface area contributed by atoms with Crippen LogP contribution in [-0.4, -0.2) is 42.4 Å². The lowest BCUT2D eigenvalue weighted by molar-refractivity contribution is -0.142. The maximum Gasteiger partial charge on any atom is 0.251 e. The molecule has 1 atom stereocenters. The first-order valence-corrected chi connectivity index (χ1v) is 8.06. The highest BCUT2D eigenvalue weighted by atomic mass is 19.1. The summed E-state index contributed by atoms with van der Waals surface area (Å²) in [6, 6.07) is 1.01. The average molecular weight is 341 g/mol. The topological polar surface area (TPSA) is 46.6 Å². The van der Waals surface area contributed by atoms with Crippen LogP contribution in [0.1, 0.15) is 36.0 Å². The number of halogens is 3. The number of hydrogen-bond donors (Lipinski definition) is 0. The predicted molar refractivity (Wildman–Crippen MR) is 78.9 cm³/mol. The molecule has 2 fully saturated rings. The minimum absolute atomic E-state index is 0.0856. The number of Topliss-reactive ketones (excluding diaryl/α,β-unsaturated/α-hetero) is 1. The Kier molecular flexibility index (Phi) is 4.89. The molecule has 1 aromatic carbocycles. The van der Waals surface area contributed by atoms with Crippen molar-refractivity contribution in [3.63, 3.8) is 0 Å². The van der Waals surface area contributed by atoms with Crippen LogP contribution in [-0.2, 0) is 9.53 Å². The summed E-state index contributed by atoms with van der Waals surface area (Å²) >= 11 is 0. The molecule has 0 aromatic heterocycles. The molecule has 2 saturated heterocycles. The van der Waals surface area contributed by atoms with Crippen LogP contribution in [0.5, 0.6) is 0 Å². The molecular formula is C17H18F3NO3. The number of hydrogen-bond acceptors (Lipinski definition) is 3. The summed E-state index contributed by atoms with van der Waals surface area (Å²) in [6.45, 7) is 1.27. The first kappa shape index (κ1) is 17.0. The van der Waals surface area contributed by atoms with Crippen molar-refractivity contribution >= 4 is 11.7 Å². The van der Waals surface area contributed by atoms with E-state index in [1.54, 1.807) is 4.90 Å². The molecule has 1 amide bonds. The van der Waals surface area contributed by atoms with E-state index in [0.29, 0.717) is 51.1 Å². The molecule has 0 N–H and O–H groups in total. The lowest BCUT2D eigenvalue weighted by Crippen LogP contribution is -2.44. The smallest absolute Gasteiger partial charge is 0.251 e. The number of rotatable bonds is 3. The minimum atomic E-state index is -1.18. The van der Waals surface area contributed by atoms with Gasteiger partial charge >= 0.3 is 0 Å². The molecule has 24 heavy (non-hydrogen) atoms. The molecule has 3 rings (SSSR count). The summed E-state index contributed by atoms with van der Waals surface area (Å²) in [5.41, 5.74) is -0.694. The van der Waals surface area contributed by atoms with Crippen LogP contribution in [0.15, 0.2) is 12.1 Å². The minimum Gasteiger partial charge on any atom is -0.368 e. The quantitative estimate of drug-likeness (QED) is 0.794. The Morgan fingerprint density at radius 3 is 2.21 bits per heavy atom. The van der Waals surface area contributed by atoms with Crippen LogP contribution in [0.4, 0.5) is 13.2 Å². The van der Waals surface area contributed by atoms with E-state index in [2.05, 4.69) is 0 Å². The molecule has 0 radical (unpaired) electrons. The second-order valence-electron chi connectivity index (χ2n) is 6.21. The summed E-state index contributed by atoms with van der Waals surface area (Å²) in [7, 11) is 0. The Morgan fingerprint density at radius 1 is 1.04 bits per heavy atom. The van der Waals surface area contributed by atoms with Crippen LogP contribution in [0.25, 0.3) is 0 Å². The van der Waals surface area contributed by atoms with Gasteiger partial charge in [-0.3, -0.25) is 9.59 Å². The number of ketones is 1. The first-order chi connectivity index (χ1) is 11.5. The number of benzene rings is 1. The summed E-state index contributed by atoms with van der Waals surface area (Å²) in [5, 5.41) is 0. The van der Waals surface area contributed by atoms with Crippen LogP contribution in [0.3, 0.4) is 0 Å². The van der Waals surface area contributed by atoms with Crippen LogP contribution in [0, 0.1) is 23.4 Å². The van der Waals surface area contributed by atoms with Gasteiger partial charge in [0.25, 0.3) is 5.91 Å². The second kappa shape index (κ2) is 6.93. The van der Waals surface area contributed by atoms with Gasteiger partial charge in [0.1, 0.15) is 23.6 Å². The third-order valence-corrected chi connectivity index (χ3v) is 4.64. The Balaban J connectivity index is 1.64. The van der Waals surface area contributed by atoms with Crippen molar-refractivity contribution in [3.05, 3.63) is 35.1 Å². The van der Waals surface area contributed by atoms with Gasteiger partial charge in [-0.15, -0.1) is 0 Å². The summed E-state index contributed by atoms with van der Waals surface area (Å²) in [5.74, 6) is -4.76. The van der Waals surface area contributed by atoms with Gasteiger partial charge in [0.2, 0.25) is 0 Å². The van der Waals surface area contributed by atoms with Crippen LogP contribution >= 0.6 is 0 Å².